The molecule has 1 aliphatic heterocycles. The Balaban J connectivity index is 1.85. The summed E-state index contributed by atoms with van der Waals surface area (Å²) in [4.78, 5) is 0. The minimum Gasteiger partial charge on any atom is -0.493 e. The highest BCUT2D eigenvalue weighted by Gasteiger charge is 2.14. The number of benzene rings is 2. The average molecular weight is 340 g/mol. The summed E-state index contributed by atoms with van der Waals surface area (Å²) in [7, 11) is 4.77. The first-order valence-electron chi connectivity index (χ1n) is 7.73. The van der Waals surface area contributed by atoms with E-state index in [9.17, 15) is 0 Å². The zero-order valence-corrected chi connectivity index (χ0v) is 14.5. The molecular formula is C20H20O5. The minimum absolute atomic E-state index is 0.256. The van der Waals surface area contributed by atoms with E-state index in [4.69, 9.17) is 23.7 Å². The zero-order valence-electron chi connectivity index (χ0n) is 14.5. The first-order valence-corrected chi connectivity index (χ1v) is 7.73. The highest BCUT2D eigenvalue weighted by atomic mass is 16.7. The molecule has 0 aliphatic carbocycles. The lowest BCUT2D eigenvalue weighted by Gasteiger charge is -2.13. The largest absolute Gasteiger partial charge is 0.493 e. The van der Waals surface area contributed by atoms with E-state index in [1.807, 2.05) is 42.5 Å². The van der Waals surface area contributed by atoms with Crippen LogP contribution in [-0.4, -0.2) is 28.1 Å². The molecule has 0 N–H and O–H groups in total. The molecule has 2 aromatic rings. The summed E-state index contributed by atoms with van der Waals surface area (Å²) in [6, 6.07) is 9.52. The molecule has 2 aromatic carbocycles. The van der Waals surface area contributed by atoms with Gasteiger partial charge in [0.15, 0.2) is 23.0 Å². The fourth-order valence-electron chi connectivity index (χ4n) is 2.59. The van der Waals surface area contributed by atoms with E-state index in [2.05, 4.69) is 6.58 Å². The standard InChI is InChI=1S/C20H20O5/c1-13(15-7-8-16-17(11-15)25-12-24-16)5-6-14-9-18(21-2)20(23-4)19(10-14)22-3/h5-11H,1,12H2,2-4H3/b6-5+. The number of allylic oxidation sites excluding steroid dienone is 2. The summed E-state index contributed by atoms with van der Waals surface area (Å²) >= 11 is 0. The van der Waals surface area contributed by atoms with Crippen molar-refractivity contribution in [2.24, 2.45) is 0 Å². The molecule has 0 bridgehead atoms. The molecule has 5 nitrogen and oxygen atoms in total. The Hall–Kier alpha value is -3.08. The van der Waals surface area contributed by atoms with Crippen molar-refractivity contribution >= 4 is 11.6 Å². The molecule has 0 saturated carbocycles. The lowest BCUT2D eigenvalue weighted by atomic mass is 10.0. The quantitative estimate of drug-likeness (QED) is 0.739. The number of fused-ring (bicyclic) bond motifs is 1. The van der Waals surface area contributed by atoms with Gasteiger partial charge in [-0.3, -0.25) is 0 Å². The zero-order chi connectivity index (χ0) is 17.8. The van der Waals surface area contributed by atoms with E-state index in [1.165, 1.54) is 0 Å². The van der Waals surface area contributed by atoms with Gasteiger partial charge in [-0.05, 0) is 41.0 Å². The highest BCUT2D eigenvalue weighted by molar-refractivity contribution is 5.79. The molecule has 25 heavy (non-hydrogen) atoms. The Labute approximate surface area is 147 Å². The summed E-state index contributed by atoms with van der Waals surface area (Å²) in [6.07, 6.45) is 3.87. The maximum atomic E-state index is 5.40. The van der Waals surface area contributed by atoms with Crippen LogP contribution in [0.25, 0.3) is 11.6 Å². The number of hydrogen-bond donors (Lipinski definition) is 0. The van der Waals surface area contributed by atoms with E-state index in [0.29, 0.717) is 17.2 Å². The van der Waals surface area contributed by atoms with Gasteiger partial charge in [-0.25, -0.2) is 0 Å². The molecule has 5 heteroatoms. The molecule has 130 valence electrons. The van der Waals surface area contributed by atoms with Crippen molar-refractivity contribution in [3.05, 3.63) is 54.1 Å². The first-order chi connectivity index (χ1) is 12.2. The van der Waals surface area contributed by atoms with E-state index in [1.54, 1.807) is 21.3 Å². The van der Waals surface area contributed by atoms with Gasteiger partial charge in [0.1, 0.15) is 0 Å². The number of hydrogen-bond acceptors (Lipinski definition) is 5. The maximum Gasteiger partial charge on any atom is 0.231 e. The predicted octanol–water partition coefficient (Wildman–Crippen LogP) is 4.17. The maximum absolute atomic E-state index is 5.40. The van der Waals surface area contributed by atoms with Crippen LogP contribution in [0.5, 0.6) is 28.7 Å². The molecule has 1 aliphatic rings. The lowest BCUT2D eigenvalue weighted by molar-refractivity contribution is 0.174. The normalized spacial score (nSPS) is 12.3. The van der Waals surface area contributed by atoms with Crippen LogP contribution in [0.3, 0.4) is 0 Å². The van der Waals surface area contributed by atoms with Gasteiger partial charge in [0.05, 0.1) is 21.3 Å². The Morgan fingerprint density at radius 3 is 2.28 bits per heavy atom. The highest BCUT2D eigenvalue weighted by Crippen LogP contribution is 2.39. The SMILES string of the molecule is C=C(/C=C/c1cc(OC)c(OC)c(OC)c1)c1ccc2c(c1)OCO2. The van der Waals surface area contributed by atoms with Crippen LogP contribution >= 0.6 is 0 Å². The minimum atomic E-state index is 0.256. The van der Waals surface area contributed by atoms with Gasteiger partial charge in [0.25, 0.3) is 0 Å². The molecule has 0 spiro atoms. The van der Waals surface area contributed by atoms with Gasteiger partial charge in [-0.15, -0.1) is 0 Å². The van der Waals surface area contributed by atoms with E-state index < -0.39 is 0 Å². The van der Waals surface area contributed by atoms with Crippen molar-refractivity contribution in [3.63, 3.8) is 0 Å². The average Bonchev–Trinajstić information content (AvgIpc) is 3.12. The smallest absolute Gasteiger partial charge is 0.231 e. The van der Waals surface area contributed by atoms with E-state index in [-0.39, 0.29) is 6.79 Å². The number of ether oxygens (including phenoxy) is 5. The van der Waals surface area contributed by atoms with E-state index in [0.717, 1.165) is 28.2 Å². The van der Waals surface area contributed by atoms with Gasteiger partial charge in [-0.1, -0.05) is 24.8 Å². The predicted molar refractivity (Wildman–Crippen MR) is 96.7 cm³/mol. The third kappa shape index (κ3) is 3.40. The fraction of sp³-hybridized carbons (Fsp3) is 0.200. The molecule has 0 unspecified atom stereocenters. The molecule has 0 fully saturated rings. The Kier molecular flexibility index (Phi) is 4.84. The number of methoxy groups -OCH3 is 3. The summed E-state index contributed by atoms with van der Waals surface area (Å²) in [5.74, 6) is 3.27. The van der Waals surface area contributed by atoms with Crippen molar-refractivity contribution in [3.8, 4) is 28.7 Å². The Morgan fingerprint density at radius 1 is 0.960 bits per heavy atom. The Morgan fingerprint density at radius 2 is 1.64 bits per heavy atom. The van der Waals surface area contributed by atoms with Gasteiger partial charge < -0.3 is 23.7 Å². The van der Waals surface area contributed by atoms with Crippen molar-refractivity contribution in [1.82, 2.24) is 0 Å². The molecule has 0 atom stereocenters. The third-order valence-electron chi connectivity index (χ3n) is 3.91. The second-order valence-electron chi connectivity index (χ2n) is 5.39. The summed E-state index contributed by atoms with van der Waals surface area (Å²) in [6.45, 7) is 4.37. The van der Waals surface area contributed by atoms with Crippen molar-refractivity contribution in [2.45, 2.75) is 0 Å². The lowest BCUT2D eigenvalue weighted by Crippen LogP contribution is -1.95. The van der Waals surface area contributed by atoms with Crippen LogP contribution in [0.2, 0.25) is 0 Å². The monoisotopic (exact) mass is 340 g/mol. The molecule has 0 amide bonds. The van der Waals surface area contributed by atoms with Gasteiger partial charge >= 0.3 is 0 Å². The summed E-state index contributed by atoms with van der Waals surface area (Å²) < 4.78 is 26.8. The van der Waals surface area contributed by atoms with Crippen LogP contribution in [-0.2, 0) is 0 Å². The van der Waals surface area contributed by atoms with Crippen LogP contribution in [0.4, 0.5) is 0 Å². The molecule has 3 rings (SSSR count). The fourth-order valence-corrected chi connectivity index (χ4v) is 2.59. The van der Waals surface area contributed by atoms with Crippen LogP contribution in [0.1, 0.15) is 11.1 Å². The number of rotatable bonds is 6. The summed E-state index contributed by atoms with van der Waals surface area (Å²) in [5, 5.41) is 0. The summed E-state index contributed by atoms with van der Waals surface area (Å²) in [5.41, 5.74) is 2.73. The second-order valence-corrected chi connectivity index (χ2v) is 5.39. The Bertz CT molecular complexity index is 798. The van der Waals surface area contributed by atoms with Crippen LogP contribution in [0, 0.1) is 0 Å². The van der Waals surface area contributed by atoms with Crippen LogP contribution in [0.15, 0.2) is 43.0 Å². The molecular weight excluding hydrogens is 320 g/mol. The van der Waals surface area contributed by atoms with Crippen LogP contribution < -0.4 is 23.7 Å². The van der Waals surface area contributed by atoms with E-state index >= 15 is 0 Å². The van der Waals surface area contributed by atoms with Crippen molar-refractivity contribution < 1.29 is 23.7 Å². The topological polar surface area (TPSA) is 46.2 Å². The van der Waals surface area contributed by atoms with Gasteiger partial charge in [-0.2, -0.15) is 0 Å². The molecule has 0 saturated heterocycles. The van der Waals surface area contributed by atoms with Gasteiger partial charge in [0, 0.05) is 0 Å². The van der Waals surface area contributed by atoms with Gasteiger partial charge in [0.2, 0.25) is 12.5 Å². The van der Waals surface area contributed by atoms with Crippen molar-refractivity contribution in [2.75, 3.05) is 28.1 Å². The second kappa shape index (κ2) is 7.21. The first kappa shape index (κ1) is 16.8. The molecule has 0 radical (unpaired) electrons. The third-order valence-corrected chi connectivity index (χ3v) is 3.91. The molecule has 1 heterocycles. The van der Waals surface area contributed by atoms with Crippen molar-refractivity contribution in [1.29, 1.82) is 0 Å². The molecule has 0 aromatic heterocycles.